The smallest absolute Gasteiger partial charge is 0.336 e. The fourth-order valence-corrected chi connectivity index (χ4v) is 3.27. The molecular formula is C19H18BrNO4. The Morgan fingerprint density at radius 2 is 1.88 bits per heavy atom. The Morgan fingerprint density at radius 1 is 1.12 bits per heavy atom. The van der Waals surface area contributed by atoms with E-state index in [1.54, 1.807) is 19.2 Å². The lowest BCUT2D eigenvalue weighted by Gasteiger charge is -2.19. The van der Waals surface area contributed by atoms with Crippen LogP contribution in [0.1, 0.15) is 11.1 Å². The molecule has 0 aliphatic heterocycles. The lowest BCUT2D eigenvalue weighted by atomic mass is 10.1. The van der Waals surface area contributed by atoms with Gasteiger partial charge in [-0.25, -0.2) is 4.79 Å². The average molecular weight is 404 g/mol. The maximum Gasteiger partial charge on any atom is 0.336 e. The van der Waals surface area contributed by atoms with Crippen molar-refractivity contribution in [1.82, 2.24) is 4.90 Å². The SMILES string of the molecule is COc1ccc(Br)cc1CN(C)Cc1cc(=O)oc2cc(O)ccc12. The van der Waals surface area contributed by atoms with Gasteiger partial charge in [-0.05, 0) is 42.9 Å². The van der Waals surface area contributed by atoms with Gasteiger partial charge in [0, 0.05) is 40.6 Å². The van der Waals surface area contributed by atoms with Gasteiger partial charge in [-0.1, -0.05) is 15.9 Å². The van der Waals surface area contributed by atoms with Crippen LogP contribution in [0.5, 0.6) is 11.5 Å². The molecule has 0 fully saturated rings. The number of phenols is 1. The third kappa shape index (κ3) is 4.03. The quantitative estimate of drug-likeness (QED) is 0.654. The Balaban J connectivity index is 1.89. The fourth-order valence-electron chi connectivity index (χ4n) is 2.86. The van der Waals surface area contributed by atoms with E-state index < -0.39 is 5.63 Å². The van der Waals surface area contributed by atoms with Crippen LogP contribution in [0.15, 0.2) is 56.1 Å². The average Bonchev–Trinajstić information content (AvgIpc) is 2.54. The summed E-state index contributed by atoms with van der Waals surface area (Å²) in [6.07, 6.45) is 0. The summed E-state index contributed by atoms with van der Waals surface area (Å²) >= 11 is 3.48. The molecule has 0 aliphatic rings. The highest BCUT2D eigenvalue weighted by Crippen LogP contribution is 2.26. The zero-order valence-corrected chi connectivity index (χ0v) is 15.5. The van der Waals surface area contributed by atoms with Crippen molar-refractivity contribution < 1.29 is 14.3 Å². The lowest BCUT2D eigenvalue weighted by molar-refractivity contribution is 0.310. The second-order valence-corrected chi connectivity index (χ2v) is 6.82. The van der Waals surface area contributed by atoms with E-state index >= 15 is 0 Å². The molecule has 3 aromatic rings. The molecule has 2 aromatic carbocycles. The van der Waals surface area contributed by atoms with Crippen molar-refractivity contribution in [3.63, 3.8) is 0 Å². The Kier molecular flexibility index (Phi) is 5.11. The number of ether oxygens (including phenoxy) is 1. The van der Waals surface area contributed by atoms with Crippen LogP contribution in [0.2, 0.25) is 0 Å². The van der Waals surface area contributed by atoms with E-state index in [2.05, 4.69) is 20.8 Å². The van der Waals surface area contributed by atoms with Gasteiger partial charge in [0.1, 0.15) is 17.1 Å². The highest BCUT2D eigenvalue weighted by molar-refractivity contribution is 9.10. The van der Waals surface area contributed by atoms with E-state index in [9.17, 15) is 9.90 Å². The first-order valence-corrected chi connectivity index (χ1v) is 8.52. The van der Waals surface area contributed by atoms with E-state index in [0.29, 0.717) is 18.7 Å². The van der Waals surface area contributed by atoms with E-state index in [4.69, 9.17) is 9.15 Å². The molecule has 0 unspecified atom stereocenters. The first kappa shape index (κ1) is 17.5. The van der Waals surface area contributed by atoms with Gasteiger partial charge in [-0.3, -0.25) is 4.90 Å². The van der Waals surface area contributed by atoms with Gasteiger partial charge >= 0.3 is 5.63 Å². The Morgan fingerprint density at radius 3 is 2.64 bits per heavy atom. The van der Waals surface area contributed by atoms with Crippen LogP contribution in [-0.2, 0) is 13.1 Å². The third-order valence-corrected chi connectivity index (χ3v) is 4.43. The number of fused-ring (bicyclic) bond motifs is 1. The number of phenolic OH excluding ortho intramolecular Hbond substituents is 1. The molecule has 6 heteroatoms. The first-order chi connectivity index (χ1) is 12.0. The van der Waals surface area contributed by atoms with Gasteiger partial charge in [-0.15, -0.1) is 0 Å². The molecule has 3 rings (SSSR count). The molecule has 0 radical (unpaired) electrons. The highest BCUT2D eigenvalue weighted by atomic mass is 79.9. The van der Waals surface area contributed by atoms with E-state index in [0.717, 1.165) is 26.7 Å². The second kappa shape index (κ2) is 7.29. The fraction of sp³-hybridized carbons (Fsp3) is 0.211. The van der Waals surface area contributed by atoms with Gasteiger partial charge < -0.3 is 14.3 Å². The van der Waals surface area contributed by atoms with Crippen LogP contribution in [0, 0.1) is 0 Å². The molecular weight excluding hydrogens is 386 g/mol. The number of hydrogen-bond acceptors (Lipinski definition) is 5. The van der Waals surface area contributed by atoms with Crippen molar-refractivity contribution in [3.8, 4) is 11.5 Å². The number of halogens is 1. The van der Waals surface area contributed by atoms with Crippen molar-refractivity contribution in [2.75, 3.05) is 14.2 Å². The molecule has 0 bridgehead atoms. The molecule has 1 aromatic heterocycles. The van der Waals surface area contributed by atoms with Crippen LogP contribution in [0.3, 0.4) is 0 Å². The van der Waals surface area contributed by atoms with Crippen molar-refractivity contribution in [2.24, 2.45) is 0 Å². The van der Waals surface area contributed by atoms with Crippen LogP contribution in [-0.4, -0.2) is 24.2 Å². The minimum Gasteiger partial charge on any atom is -0.508 e. The zero-order chi connectivity index (χ0) is 18.0. The minimum absolute atomic E-state index is 0.0695. The molecule has 0 amide bonds. The maximum atomic E-state index is 11.8. The predicted octanol–water partition coefficient (Wildman–Crippen LogP) is 3.90. The van der Waals surface area contributed by atoms with E-state index in [1.807, 2.05) is 25.2 Å². The summed E-state index contributed by atoms with van der Waals surface area (Å²) in [5.74, 6) is 0.887. The van der Waals surface area contributed by atoms with Crippen molar-refractivity contribution in [2.45, 2.75) is 13.1 Å². The largest absolute Gasteiger partial charge is 0.508 e. The summed E-state index contributed by atoms with van der Waals surface area (Å²) in [6.45, 7) is 1.21. The summed E-state index contributed by atoms with van der Waals surface area (Å²) < 4.78 is 11.6. The molecule has 0 saturated heterocycles. The molecule has 0 saturated carbocycles. The Bertz CT molecular complexity index is 967. The first-order valence-electron chi connectivity index (χ1n) is 7.73. The summed E-state index contributed by atoms with van der Waals surface area (Å²) in [4.78, 5) is 13.9. The second-order valence-electron chi connectivity index (χ2n) is 5.90. The number of aromatic hydroxyl groups is 1. The van der Waals surface area contributed by atoms with Gasteiger partial charge in [-0.2, -0.15) is 0 Å². The monoisotopic (exact) mass is 403 g/mol. The van der Waals surface area contributed by atoms with E-state index in [-0.39, 0.29) is 5.75 Å². The number of rotatable bonds is 5. The lowest BCUT2D eigenvalue weighted by Crippen LogP contribution is -2.19. The maximum absolute atomic E-state index is 11.8. The summed E-state index contributed by atoms with van der Waals surface area (Å²) in [5, 5.41) is 10.4. The van der Waals surface area contributed by atoms with Gasteiger partial charge in [0.25, 0.3) is 0 Å². The molecule has 0 spiro atoms. The zero-order valence-electron chi connectivity index (χ0n) is 14.0. The van der Waals surface area contributed by atoms with Crippen molar-refractivity contribution in [1.29, 1.82) is 0 Å². The Hall–Kier alpha value is -2.31. The summed E-state index contributed by atoms with van der Waals surface area (Å²) in [6, 6.07) is 12.2. The topological polar surface area (TPSA) is 62.9 Å². The summed E-state index contributed by atoms with van der Waals surface area (Å²) in [7, 11) is 3.62. The van der Waals surface area contributed by atoms with Crippen molar-refractivity contribution >= 4 is 26.9 Å². The third-order valence-electron chi connectivity index (χ3n) is 3.94. The van der Waals surface area contributed by atoms with Crippen molar-refractivity contribution in [3.05, 3.63) is 68.5 Å². The molecule has 130 valence electrons. The van der Waals surface area contributed by atoms with Crippen LogP contribution in [0.4, 0.5) is 0 Å². The van der Waals surface area contributed by atoms with Crippen LogP contribution >= 0.6 is 15.9 Å². The molecule has 25 heavy (non-hydrogen) atoms. The number of hydrogen-bond donors (Lipinski definition) is 1. The van der Waals surface area contributed by atoms with Gasteiger partial charge in [0.15, 0.2) is 0 Å². The molecule has 0 aliphatic carbocycles. The van der Waals surface area contributed by atoms with E-state index in [1.165, 1.54) is 12.1 Å². The number of methoxy groups -OCH3 is 1. The highest BCUT2D eigenvalue weighted by Gasteiger charge is 2.11. The normalized spacial score (nSPS) is 11.2. The Labute approximate surface area is 153 Å². The number of nitrogens with zero attached hydrogens (tertiary/aromatic N) is 1. The standard InChI is InChI=1S/C19H18BrNO4/c1-21(11-13-7-14(20)3-6-17(13)24-2)10-12-8-19(23)25-18-9-15(22)4-5-16(12)18/h3-9,22H,10-11H2,1-2H3. The van der Waals surface area contributed by atoms with Gasteiger partial charge in [0.05, 0.1) is 7.11 Å². The minimum atomic E-state index is -0.429. The number of benzene rings is 2. The molecule has 1 N–H and O–H groups in total. The molecule has 1 heterocycles. The van der Waals surface area contributed by atoms with Gasteiger partial charge in [0.2, 0.25) is 0 Å². The molecule has 5 nitrogen and oxygen atoms in total. The molecule has 0 atom stereocenters. The van der Waals surface area contributed by atoms with Crippen LogP contribution in [0.25, 0.3) is 11.0 Å². The predicted molar refractivity (Wildman–Crippen MR) is 100 cm³/mol. The van der Waals surface area contributed by atoms with Crippen LogP contribution < -0.4 is 10.4 Å². The summed E-state index contributed by atoms with van der Waals surface area (Å²) in [5.41, 5.74) is 1.85.